The fourth-order valence-electron chi connectivity index (χ4n) is 1.69. The Kier molecular flexibility index (Phi) is 4.91. The Balaban J connectivity index is 1.93. The number of ketones is 1. The molecular weight excluding hydrogens is 318 g/mol. The SMILES string of the molecule is O=C(CSC(=S)N1C(=O)CCC1=O)c1ccc(Cl)cc1. The zero-order valence-corrected chi connectivity index (χ0v) is 12.7. The van der Waals surface area contributed by atoms with E-state index in [1.165, 1.54) is 0 Å². The van der Waals surface area contributed by atoms with Gasteiger partial charge in [0.15, 0.2) is 5.78 Å². The Hall–Kier alpha value is -1.24. The van der Waals surface area contributed by atoms with Crippen molar-refractivity contribution < 1.29 is 14.4 Å². The summed E-state index contributed by atoms with van der Waals surface area (Å²) in [5, 5.41) is 0.554. The number of carbonyl (C=O) groups excluding carboxylic acids is 3. The molecule has 7 heteroatoms. The highest BCUT2D eigenvalue weighted by Crippen LogP contribution is 2.20. The second-order valence-electron chi connectivity index (χ2n) is 4.11. The summed E-state index contributed by atoms with van der Waals surface area (Å²) in [6.45, 7) is 0. The fourth-order valence-corrected chi connectivity index (χ4v) is 2.95. The van der Waals surface area contributed by atoms with Gasteiger partial charge in [-0.15, -0.1) is 0 Å². The van der Waals surface area contributed by atoms with Crippen LogP contribution in [0.15, 0.2) is 24.3 Å². The summed E-state index contributed by atoms with van der Waals surface area (Å²) in [5.74, 6) is -0.650. The van der Waals surface area contributed by atoms with Crippen molar-refractivity contribution in [3.8, 4) is 0 Å². The number of rotatable bonds is 3. The first-order valence-electron chi connectivity index (χ1n) is 5.80. The first kappa shape index (κ1) is 15.2. The molecular formula is C13H10ClNO3S2. The Morgan fingerprint density at radius 2 is 1.75 bits per heavy atom. The van der Waals surface area contributed by atoms with Crippen molar-refractivity contribution >= 4 is 57.5 Å². The minimum Gasteiger partial charge on any atom is -0.293 e. The lowest BCUT2D eigenvalue weighted by molar-refractivity contribution is -0.133. The molecule has 20 heavy (non-hydrogen) atoms. The van der Waals surface area contributed by atoms with Crippen LogP contribution in [0, 0.1) is 0 Å². The standard InChI is InChI=1S/C13H10ClNO3S2/c14-9-3-1-8(2-4-9)10(16)7-20-13(19)15-11(17)5-6-12(15)18/h1-4H,5-7H2. The number of benzene rings is 1. The summed E-state index contributed by atoms with van der Waals surface area (Å²) in [6, 6.07) is 6.51. The summed E-state index contributed by atoms with van der Waals surface area (Å²) in [7, 11) is 0. The summed E-state index contributed by atoms with van der Waals surface area (Å²) in [6.07, 6.45) is 0.370. The van der Waals surface area contributed by atoms with Crippen molar-refractivity contribution in [1.29, 1.82) is 0 Å². The van der Waals surface area contributed by atoms with E-state index in [-0.39, 0.29) is 40.5 Å². The van der Waals surface area contributed by atoms with E-state index in [1.54, 1.807) is 24.3 Å². The van der Waals surface area contributed by atoms with Gasteiger partial charge in [-0.1, -0.05) is 35.6 Å². The Morgan fingerprint density at radius 3 is 2.30 bits per heavy atom. The van der Waals surface area contributed by atoms with E-state index < -0.39 is 0 Å². The van der Waals surface area contributed by atoms with Crippen LogP contribution in [0.1, 0.15) is 23.2 Å². The van der Waals surface area contributed by atoms with Gasteiger partial charge in [-0.3, -0.25) is 14.4 Å². The molecule has 4 nitrogen and oxygen atoms in total. The highest BCUT2D eigenvalue weighted by Gasteiger charge is 2.32. The Labute approximate surface area is 130 Å². The van der Waals surface area contributed by atoms with Crippen LogP contribution in [0.5, 0.6) is 0 Å². The number of halogens is 1. The van der Waals surface area contributed by atoms with Crippen LogP contribution in [-0.4, -0.2) is 32.6 Å². The minimum absolute atomic E-state index is 0.0809. The molecule has 0 aliphatic carbocycles. The van der Waals surface area contributed by atoms with Gasteiger partial charge in [0, 0.05) is 23.4 Å². The van der Waals surface area contributed by atoms with Crippen molar-refractivity contribution in [2.45, 2.75) is 12.8 Å². The van der Waals surface area contributed by atoms with Gasteiger partial charge in [0.1, 0.15) is 4.32 Å². The van der Waals surface area contributed by atoms with Crippen LogP contribution in [0.4, 0.5) is 0 Å². The van der Waals surface area contributed by atoms with Crippen molar-refractivity contribution in [3.63, 3.8) is 0 Å². The molecule has 0 spiro atoms. The molecule has 1 aromatic carbocycles. The molecule has 2 rings (SSSR count). The summed E-state index contributed by atoms with van der Waals surface area (Å²) in [4.78, 5) is 35.9. The largest absolute Gasteiger partial charge is 0.293 e. The molecule has 0 N–H and O–H groups in total. The van der Waals surface area contributed by atoms with Gasteiger partial charge in [0.2, 0.25) is 11.8 Å². The predicted molar refractivity (Wildman–Crippen MR) is 81.9 cm³/mol. The molecule has 1 heterocycles. The van der Waals surface area contributed by atoms with Gasteiger partial charge in [0.25, 0.3) is 0 Å². The maximum atomic E-state index is 11.9. The molecule has 0 atom stereocenters. The number of carbonyl (C=O) groups is 3. The van der Waals surface area contributed by atoms with E-state index in [9.17, 15) is 14.4 Å². The molecule has 104 valence electrons. The normalized spacial score (nSPS) is 14.8. The van der Waals surface area contributed by atoms with Crippen LogP contribution in [0.2, 0.25) is 5.02 Å². The van der Waals surface area contributed by atoms with Gasteiger partial charge >= 0.3 is 0 Å². The van der Waals surface area contributed by atoms with E-state index in [2.05, 4.69) is 0 Å². The van der Waals surface area contributed by atoms with Crippen LogP contribution < -0.4 is 0 Å². The van der Waals surface area contributed by atoms with Crippen LogP contribution >= 0.6 is 35.6 Å². The van der Waals surface area contributed by atoms with Crippen LogP contribution in [0.25, 0.3) is 0 Å². The first-order chi connectivity index (χ1) is 9.49. The Morgan fingerprint density at radius 1 is 1.20 bits per heavy atom. The lowest BCUT2D eigenvalue weighted by atomic mass is 10.1. The molecule has 1 aliphatic heterocycles. The monoisotopic (exact) mass is 327 g/mol. The molecule has 0 unspecified atom stereocenters. The highest BCUT2D eigenvalue weighted by molar-refractivity contribution is 8.23. The molecule has 1 aromatic rings. The number of amides is 2. The third kappa shape index (κ3) is 3.45. The van der Waals surface area contributed by atoms with E-state index in [0.717, 1.165) is 16.7 Å². The third-order valence-corrected chi connectivity index (χ3v) is 4.35. The Bertz CT molecular complexity index is 570. The number of likely N-dealkylation sites (tertiary alicyclic amines) is 1. The van der Waals surface area contributed by atoms with Gasteiger partial charge in [-0.05, 0) is 24.3 Å². The summed E-state index contributed by atoms with van der Waals surface area (Å²) < 4.78 is 0.139. The second kappa shape index (κ2) is 6.47. The van der Waals surface area contributed by atoms with Crippen molar-refractivity contribution in [2.24, 2.45) is 0 Å². The average molecular weight is 328 g/mol. The van der Waals surface area contributed by atoms with Gasteiger partial charge < -0.3 is 0 Å². The number of thiocarbonyl (C=S) groups is 1. The van der Waals surface area contributed by atoms with E-state index in [4.69, 9.17) is 23.8 Å². The molecule has 2 amide bonds. The highest BCUT2D eigenvalue weighted by atomic mass is 35.5. The molecule has 0 bridgehead atoms. The number of thioether (sulfide) groups is 1. The molecule has 0 radical (unpaired) electrons. The number of hydrogen-bond donors (Lipinski definition) is 0. The number of nitrogens with zero attached hydrogens (tertiary/aromatic N) is 1. The lowest BCUT2D eigenvalue weighted by Gasteiger charge is -2.13. The van der Waals surface area contributed by atoms with Crippen LogP contribution in [0.3, 0.4) is 0 Å². The van der Waals surface area contributed by atoms with Crippen molar-refractivity contribution in [1.82, 2.24) is 4.90 Å². The van der Waals surface area contributed by atoms with Gasteiger partial charge in [-0.2, -0.15) is 0 Å². The lowest BCUT2D eigenvalue weighted by Crippen LogP contribution is -2.32. The quantitative estimate of drug-likeness (QED) is 0.485. The van der Waals surface area contributed by atoms with Crippen molar-refractivity contribution in [2.75, 3.05) is 5.75 Å². The molecule has 1 saturated heterocycles. The average Bonchev–Trinajstić information content (AvgIpc) is 2.76. The number of imide groups is 1. The van der Waals surface area contributed by atoms with Gasteiger partial charge in [-0.25, -0.2) is 4.90 Å². The summed E-state index contributed by atoms with van der Waals surface area (Å²) in [5.41, 5.74) is 0.517. The van der Waals surface area contributed by atoms with Gasteiger partial charge in [0.05, 0.1) is 5.75 Å². The molecule has 0 saturated carbocycles. The van der Waals surface area contributed by atoms with Crippen LogP contribution in [-0.2, 0) is 9.59 Å². The smallest absolute Gasteiger partial charge is 0.235 e. The van der Waals surface area contributed by atoms with Crippen molar-refractivity contribution in [3.05, 3.63) is 34.9 Å². The maximum Gasteiger partial charge on any atom is 0.235 e. The molecule has 0 aromatic heterocycles. The topological polar surface area (TPSA) is 54.5 Å². The first-order valence-corrected chi connectivity index (χ1v) is 7.57. The zero-order chi connectivity index (χ0) is 14.7. The predicted octanol–water partition coefficient (Wildman–Crippen LogP) is 2.69. The summed E-state index contributed by atoms with van der Waals surface area (Å²) >= 11 is 11.8. The fraction of sp³-hybridized carbons (Fsp3) is 0.231. The van der Waals surface area contributed by atoms with E-state index in [1.807, 2.05) is 0 Å². The maximum absolute atomic E-state index is 11.9. The van der Waals surface area contributed by atoms with E-state index >= 15 is 0 Å². The second-order valence-corrected chi connectivity index (χ2v) is 6.15. The number of hydrogen-bond acceptors (Lipinski definition) is 5. The molecule has 1 aliphatic rings. The molecule has 1 fully saturated rings. The minimum atomic E-state index is -0.300. The zero-order valence-electron chi connectivity index (χ0n) is 10.3. The van der Waals surface area contributed by atoms with E-state index in [0.29, 0.717) is 10.6 Å². The third-order valence-electron chi connectivity index (χ3n) is 2.73. The number of Topliss-reactive ketones (excluding diaryl/α,β-unsaturated/α-hetero) is 1.